The van der Waals surface area contributed by atoms with Crippen LogP contribution in [0.1, 0.15) is 57.1 Å². The zero-order chi connectivity index (χ0) is 14.7. The average molecular weight is 288 g/mol. The van der Waals surface area contributed by atoms with Gasteiger partial charge in [0.1, 0.15) is 0 Å². The summed E-state index contributed by atoms with van der Waals surface area (Å²) in [6.07, 6.45) is 6.74. The minimum absolute atomic E-state index is 0.170. The molecule has 1 saturated carbocycles. The van der Waals surface area contributed by atoms with Gasteiger partial charge in [-0.25, -0.2) is 0 Å². The summed E-state index contributed by atoms with van der Waals surface area (Å²) in [6, 6.07) is 9.51. The Hall–Kier alpha value is -1.06. The van der Waals surface area contributed by atoms with Crippen LogP contribution in [0.15, 0.2) is 24.3 Å². The third-order valence-corrected chi connectivity index (χ3v) is 5.08. The Balaban J connectivity index is 1.87. The highest BCUT2D eigenvalue weighted by Crippen LogP contribution is 2.37. The second kappa shape index (κ2) is 6.80. The molecule has 0 aromatic heterocycles. The number of hydrogen-bond acceptors (Lipinski definition) is 3. The van der Waals surface area contributed by atoms with Crippen LogP contribution in [0.5, 0.6) is 0 Å². The lowest BCUT2D eigenvalue weighted by Gasteiger charge is -2.42. The van der Waals surface area contributed by atoms with E-state index in [4.69, 9.17) is 0 Å². The number of nitrogens with zero attached hydrogens (tertiary/aromatic N) is 1. The van der Waals surface area contributed by atoms with Crippen LogP contribution in [0, 0.1) is 0 Å². The summed E-state index contributed by atoms with van der Waals surface area (Å²) in [4.78, 5) is 2.49. The van der Waals surface area contributed by atoms with Crippen LogP contribution in [0.3, 0.4) is 0 Å². The molecule has 2 N–H and O–H groups in total. The van der Waals surface area contributed by atoms with Gasteiger partial charge in [-0.05, 0) is 37.4 Å². The molecule has 116 valence electrons. The lowest BCUT2D eigenvalue weighted by molar-refractivity contribution is 0.131. The van der Waals surface area contributed by atoms with Crippen LogP contribution >= 0.6 is 0 Å². The van der Waals surface area contributed by atoms with E-state index in [2.05, 4.69) is 41.4 Å². The van der Waals surface area contributed by atoms with Crippen molar-refractivity contribution in [2.45, 2.75) is 63.6 Å². The van der Waals surface area contributed by atoms with E-state index < -0.39 is 0 Å². The van der Waals surface area contributed by atoms with Crippen molar-refractivity contribution in [3.05, 3.63) is 29.8 Å². The summed E-state index contributed by atoms with van der Waals surface area (Å²) in [7, 11) is 0. The fourth-order valence-electron chi connectivity index (χ4n) is 4.02. The fourth-order valence-corrected chi connectivity index (χ4v) is 4.02. The second-order valence-electron chi connectivity index (χ2n) is 6.42. The van der Waals surface area contributed by atoms with E-state index in [1.807, 2.05) is 0 Å². The molecule has 1 aliphatic carbocycles. The molecule has 1 heterocycles. The highest BCUT2D eigenvalue weighted by atomic mass is 16.3. The van der Waals surface area contributed by atoms with Crippen LogP contribution < -0.4 is 10.2 Å². The van der Waals surface area contributed by atoms with Gasteiger partial charge in [-0.15, -0.1) is 0 Å². The van der Waals surface area contributed by atoms with E-state index in [0.717, 1.165) is 32.4 Å². The maximum Gasteiger partial charge on any atom is 0.0743 e. The molecule has 3 atom stereocenters. The van der Waals surface area contributed by atoms with Gasteiger partial charge in [-0.1, -0.05) is 44.4 Å². The van der Waals surface area contributed by atoms with Gasteiger partial charge in [0, 0.05) is 18.3 Å². The predicted molar refractivity (Wildman–Crippen MR) is 87.7 cm³/mol. The smallest absolute Gasteiger partial charge is 0.0743 e. The Morgan fingerprint density at radius 1 is 1.14 bits per heavy atom. The number of hydrogen-bond donors (Lipinski definition) is 2. The number of rotatable bonds is 3. The van der Waals surface area contributed by atoms with Crippen molar-refractivity contribution < 1.29 is 5.11 Å². The van der Waals surface area contributed by atoms with E-state index in [-0.39, 0.29) is 6.10 Å². The molecule has 1 fully saturated rings. The molecule has 1 aliphatic heterocycles. The third-order valence-electron chi connectivity index (χ3n) is 5.08. The molecule has 0 bridgehead atoms. The minimum atomic E-state index is -0.170. The third kappa shape index (κ3) is 3.09. The largest absolute Gasteiger partial charge is 0.391 e. The highest BCUT2D eigenvalue weighted by Gasteiger charge is 2.32. The van der Waals surface area contributed by atoms with Gasteiger partial charge >= 0.3 is 0 Å². The molecule has 2 aliphatic rings. The molecule has 3 unspecified atom stereocenters. The Morgan fingerprint density at radius 2 is 1.95 bits per heavy atom. The Morgan fingerprint density at radius 3 is 2.81 bits per heavy atom. The van der Waals surface area contributed by atoms with E-state index in [9.17, 15) is 5.11 Å². The molecule has 0 saturated heterocycles. The predicted octanol–water partition coefficient (Wildman–Crippen LogP) is 3.24. The summed E-state index contributed by atoms with van der Waals surface area (Å²) in [5.41, 5.74) is 2.74. The van der Waals surface area contributed by atoms with Crippen LogP contribution in [0.4, 0.5) is 5.69 Å². The fraction of sp³-hybridized carbons (Fsp3) is 0.667. The highest BCUT2D eigenvalue weighted by molar-refractivity contribution is 5.58. The quantitative estimate of drug-likeness (QED) is 0.838. The number of aliphatic hydroxyl groups excluding tert-OH is 1. The SMILES string of the molecule is CCNC1CCN(C2CCCCCC2O)c2ccccc21. The zero-order valence-electron chi connectivity index (χ0n) is 13.1. The topological polar surface area (TPSA) is 35.5 Å². The van der Waals surface area contributed by atoms with Crippen molar-refractivity contribution in [2.75, 3.05) is 18.0 Å². The minimum Gasteiger partial charge on any atom is -0.391 e. The molecule has 3 rings (SSSR count). The van der Waals surface area contributed by atoms with Gasteiger partial charge in [0.2, 0.25) is 0 Å². The summed E-state index contributed by atoms with van der Waals surface area (Å²) in [5, 5.41) is 14.1. The maximum absolute atomic E-state index is 10.5. The Kier molecular flexibility index (Phi) is 4.81. The van der Waals surface area contributed by atoms with E-state index in [1.165, 1.54) is 30.5 Å². The second-order valence-corrected chi connectivity index (χ2v) is 6.42. The Bertz CT molecular complexity index is 462. The van der Waals surface area contributed by atoms with E-state index in [0.29, 0.717) is 12.1 Å². The number of nitrogens with one attached hydrogen (secondary N) is 1. The van der Waals surface area contributed by atoms with Crippen LogP contribution in [-0.2, 0) is 0 Å². The zero-order valence-corrected chi connectivity index (χ0v) is 13.1. The number of aliphatic hydroxyl groups is 1. The lowest BCUT2D eigenvalue weighted by atomic mass is 9.92. The van der Waals surface area contributed by atoms with Crippen LogP contribution in [0.25, 0.3) is 0 Å². The summed E-state index contributed by atoms with van der Waals surface area (Å²) in [6.45, 7) is 4.23. The van der Waals surface area contributed by atoms with Crippen molar-refractivity contribution in [2.24, 2.45) is 0 Å². The standard InChI is InChI=1S/C18H28N2O/c1-2-19-15-12-13-20(16-9-7-6-8-14(15)16)17-10-4-3-5-11-18(17)21/h6-9,15,17-19,21H,2-5,10-13H2,1H3. The molecule has 3 heteroatoms. The van der Waals surface area contributed by atoms with Gasteiger partial charge in [0.25, 0.3) is 0 Å². The summed E-state index contributed by atoms with van der Waals surface area (Å²) < 4.78 is 0. The average Bonchev–Trinajstić information content (AvgIpc) is 2.73. The lowest BCUT2D eigenvalue weighted by Crippen LogP contribution is -2.47. The molecule has 3 nitrogen and oxygen atoms in total. The van der Waals surface area contributed by atoms with Crippen molar-refractivity contribution >= 4 is 5.69 Å². The molecule has 1 aromatic rings. The van der Waals surface area contributed by atoms with E-state index >= 15 is 0 Å². The van der Waals surface area contributed by atoms with Crippen molar-refractivity contribution in [3.63, 3.8) is 0 Å². The van der Waals surface area contributed by atoms with Gasteiger partial charge in [0.15, 0.2) is 0 Å². The van der Waals surface area contributed by atoms with Crippen LogP contribution in [-0.4, -0.2) is 30.3 Å². The number of fused-ring (bicyclic) bond motifs is 1. The molecule has 21 heavy (non-hydrogen) atoms. The first-order chi connectivity index (χ1) is 10.3. The first-order valence-corrected chi connectivity index (χ1v) is 8.58. The van der Waals surface area contributed by atoms with Crippen LogP contribution in [0.2, 0.25) is 0 Å². The molecular formula is C18H28N2O. The van der Waals surface area contributed by atoms with E-state index in [1.54, 1.807) is 0 Å². The number of benzene rings is 1. The van der Waals surface area contributed by atoms with Gasteiger partial charge in [-0.3, -0.25) is 0 Å². The first-order valence-electron chi connectivity index (χ1n) is 8.58. The van der Waals surface area contributed by atoms with Gasteiger partial charge < -0.3 is 15.3 Å². The summed E-state index contributed by atoms with van der Waals surface area (Å²) >= 11 is 0. The van der Waals surface area contributed by atoms with Crippen molar-refractivity contribution in [1.82, 2.24) is 5.32 Å². The maximum atomic E-state index is 10.5. The van der Waals surface area contributed by atoms with Crippen molar-refractivity contribution in [1.29, 1.82) is 0 Å². The number of anilines is 1. The first kappa shape index (κ1) is 14.9. The molecule has 0 spiro atoms. The molecule has 0 radical (unpaired) electrons. The Labute approximate surface area is 128 Å². The normalized spacial score (nSPS) is 29.8. The molecular weight excluding hydrogens is 260 g/mol. The molecule has 0 amide bonds. The van der Waals surface area contributed by atoms with Gasteiger partial charge in [-0.2, -0.15) is 0 Å². The van der Waals surface area contributed by atoms with Gasteiger partial charge in [0.05, 0.1) is 12.1 Å². The molecule has 1 aromatic carbocycles. The monoisotopic (exact) mass is 288 g/mol. The van der Waals surface area contributed by atoms with Crippen molar-refractivity contribution in [3.8, 4) is 0 Å². The number of para-hydroxylation sites is 1. The summed E-state index contributed by atoms with van der Waals surface area (Å²) in [5.74, 6) is 0.